The first kappa shape index (κ1) is 19.8. The van der Waals surface area contributed by atoms with Crippen LogP contribution in [0.5, 0.6) is 5.88 Å². The van der Waals surface area contributed by atoms with Gasteiger partial charge in [0, 0.05) is 42.3 Å². The number of aryl methyl sites for hydroxylation is 1. The SMILES string of the molecule is Cc1ccc(C2C3=C(CC(C)(C)CC3=O)Oc3ncn4nc(-c5ccncc5)nc4c32)cc1. The number of Topliss-reactive ketones (excluding diaryl/α,β-unsaturated/α-hetero) is 1. The Kier molecular flexibility index (Phi) is 4.24. The van der Waals surface area contributed by atoms with Gasteiger partial charge in [-0.3, -0.25) is 9.78 Å². The maximum Gasteiger partial charge on any atom is 0.228 e. The van der Waals surface area contributed by atoms with Crippen molar-refractivity contribution in [2.75, 3.05) is 0 Å². The molecule has 1 aromatic carbocycles. The summed E-state index contributed by atoms with van der Waals surface area (Å²) in [7, 11) is 0. The molecule has 1 aliphatic heterocycles. The highest BCUT2D eigenvalue weighted by Crippen LogP contribution is 2.50. The maximum atomic E-state index is 13.5. The first-order valence-corrected chi connectivity index (χ1v) is 11.1. The van der Waals surface area contributed by atoms with Gasteiger partial charge >= 0.3 is 0 Å². The van der Waals surface area contributed by atoms with E-state index in [-0.39, 0.29) is 17.1 Å². The van der Waals surface area contributed by atoms with Crippen molar-refractivity contribution in [3.63, 3.8) is 0 Å². The minimum absolute atomic E-state index is 0.119. The van der Waals surface area contributed by atoms with Gasteiger partial charge in [-0.2, -0.15) is 0 Å². The van der Waals surface area contributed by atoms with E-state index >= 15 is 0 Å². The first-order valence-electron chi connectivity index (χ1n) is 11.1. The molecule has 0 bridgehead atoms. The van der Waals surface area contributed by atoms with Crippen LogP contribution in [0.2, 0.25) is 0 Å². The second-order valence-electron chi connectivity index (χ2n) is 9.63. The van der Waals surface area contributed by atoms with Crippen LogP contribution < -0.4 is 4.74 Å². The number of carbonyl (C=O) groups is 1. The minimum Gasteiger partial charge on any atom is -0.442 e. The van der Waals surface area contributed by atoms with E-state index in [0.717, 1.165) is 28.0 Å². The van der Waals surface area contributed by atoms with E-state index in [9.17, 15) is 4.79 Å². The Hall–Kier alpha value is -3.87. The molecule has 0 N–H and O–H groups in total. The molecule has 0 radical (unpaired) electrons. The number of fused-ring (bicyclic) bond motifs is 3. The molecule has 7 nitrogen and oxygen atoms in total. The van der Waals surface area contributed by atoms with Crippen molar-refractivity contribution < 1.29 is 9.53 Å². The van der Waals surface area contributed by atoms with Crippen LogP contribution in [0, 0.1) is 12.3 Å². The van der Waals surface area contributed by atoms with Crippen molar-refractivity contribution in [3.8, 4) is 17.3 Å². The molecule has 164 valence electrons. The number of carbonyl (C=O) groups excluding carboxylic acids is 1. The summed E-state index contributed by atoms with van der Waals surface area (Å²) < 4.78 is 7.97. The van der Waals surface area contributed by atoms with Gasteiger partial charge in [0.05, 0.1) is 5.56 Å². The van der Waals surface area contributed by atoms with E-state index in [1.807, 2.05) is 12.1 Å². The highest BCUT2D eigenvalue weighted by molar-refractivity contribution is 6.00. The summed E-state index contributed by atoms with van der Waals surface area (Å²) in [4.78, 5) is 27.0. The summed E-state index contributed by atoms with van der Waals surface area (Å²) in [6.45, 7) is 6.26. The summed E-state index contributed by atoms with van der Waals surface area (Å²) in [5.41, 5.74) is 5.03. The fraction of sp³-hybridized carbons (Fsp3) is 0.269. The fourth-order valence-electron chi connectivity index (χ4n) is 4.86. The lowest BCUT2D eigenvalue weighted by atomic mass is 9.70. The molecular weight excluding hydrogens is 414 g/mol. The van der Waals surface area contributed by atoms with E-state index in [1.165, 1.54) is 0 Å². The molecule has 0 amide bonds. The molecule has 3 aromatic heterocycles. The van der Waals surface area contributed by atoms with Crippen molar-refractivity contribution in [3.05, 3.63) is 83.1 Å². The lowest BCUT2D eigenvalue weighted by Gasteiger charge is -2.37. The first-order chi connectivity index (χ1) is 15.9. The largest absolute Gasteiger partial charge is 0.442 e. The molecule has 6 rings (SSSR count). The number of ketones is 1. The Morgan fingerprint density at radius 1 is 1.06 bits per heavy atom. The number of hydrogen-bond acceptors (Lipinski definition) is 6. The van der Waals surface area contributed by atoms with Gasteiger partial charge in [0.15, 0.2) is 17.3 Å². The van der Waals surface area contributed by atoms with Crippen molar-refractivity contribution in [2.45, 2.75) is 39.5 Å². The molecule has 1 aliphatic carbocycles. The molecule has 1 atom stereocenters. The number of allylic oxidation sites excluding steroid dienone is 2. The third-order valence-corrected chi connectivity index (χ3v) is 6.41. The number of ether oxygens (including phenoxy) is 1. The second kappa shape index (κ2) is 7.07. The average Bonchev–Trinajstić information content (AvgIpc) is 3.23. The van der Waals surface area contributed by atoms with Crippen molar-refractivity contribution in [1.29, 1.82) is 0 Å². The Balaban J connectivity index is 1.61. The van der Waals surface area contributed by atoms with Gasteiger partial charge < -0.3 is 4.74 Å². The second-order valence-corrected chi connectivity index (χ2v) is 9.63. The van der Waals surface area contributed by atoms with Crippen LogP contribution >= 0.6 is 0 Å². The van der Waals surface area contributed by atoms with Crippen LogP contribution in [0.25, 0.3) is 17.0 Å². The predicted molar refractivity (Wildman–Crippen MR) is 123 cm³/mol. The summed E-state index contributed by atoms with van der Waals surface area (Å²) in [6, 6.07) is 12.0. The van der Waals surface area contributed by atoms with E-state index in [1.54, 1.807) is 23.2 Å². The monoisotopic (exact) mass is 437 g/mol. The molecular formula is C26H23N5O2. The zero-order valence-electron chi connectivity index (χ0n) is 18.7. The molecule has 4 aromatic rings. The van der Waals surface area contributed by atoms with Gasteiger partial charge in [-0.25, -0.2) is 14.5 Å². The third kappa shape index (κ3) is 3.23. The molecule has 4 heterocycles. The topological polar surface area (TPSA) is 82.3 Å². The Morgan fingerprint density at radius 3 is 2.58 bits per heavy atom. The fourth-order valence-corrected chi connectivity index (χ4v) is 4.86. The Bertz CT molecular complexity index is 1440. The zero-order valence-corrected chi connectivity index (χ0v) is 18.7. The smallest absolute Gasteiger partial charge is 0.228 e. The van der Waals surface area contributed by atoms with E-state index in [4.69, 9.17) is 9.72 Å². The van der Waals surface area contributed by atoms with Crippen molar-refractivity contribution in [1.82, 2.24) is 24.6 Å². The van der Waals surface area contributed by atoms with Gasteiger partial charge in [-0.15, -0.1) is 5.10 Å². The molecule has 0 saturated carbocycles. The zero-order chi connectivity index (χ0) is 22.7. The number of pyridine rings is 1. The third-order valence-electron chi connectivity index (χ3n) is 6.41. The molecule has 2 aliphatic rings. The molecule has 0 spiro atoms. The van der Waals surface area contributed by atoms with Gasteiger partial charge in [0.1, 0.15) is 12.1 Å². The van der Waals surface area contributed by atoms with Gasteiger partial charge in [-0.1, -0.05) is 43.7 Å². The summed E-state index contributed by atoms with van der Waals surface area (Å²) in [5, 5.41) is 4.64. The van der Waals surface area contributed by atoms with Crippen LogP contribution in [0.1, 0.15) is 49.3 Å². The van der Waals surface area contributed by atoms with Crippen LogP contribution in [-0.2, 0) is 4.79 Å². The molecule has 0 fully saturated rings. The minimum atomic E-state index is -0.307. The van der Waals surface area contributed by atoms with Gasteiger partial charge in [0.2, 0.25) is 5.88 Å². The highest BCUT2D eigenvalue weighted by atomic mass is 16.5. The molecule has 0 saturated heterocycles. The van der Waals surface area contributed by atoms with Crippen LogP contribution in [0.15, 0.2) is 66.5 Å². The number of hydrogen-bond donors (Lipinski definition) is 0. The number of aromatic nitrogens is 5. The highest BCUT2D eigenvalue weighted by Gasteiger charge is 2.43. The van der Waals surface area contributed by atoms with E-state index < -0.39 is 0 Å². The molecule has 1 unspecified atom stereocenters. The van der Waals surface area contributed by atoms with Crippen molar-refractivity contribution >= 4 is 11.4 Å². The summed E-state index contributed by atoms with van der Waals surface area (Å²) in [6.07, 6.45) is 6.23. The normalized spacial score (nSPS) is 19.2. The Labute approximate surface area is 191 Å². The maximum absolute atomic E-state index is 13.5. The lowest BCUT2D eigenvalue weighted by molar-refractivity contribution is -0.118. The molecule has 33 heavy (non-hydrogen) atoms. The van der Waals surface area contributed by atoms with Gasteiger partial charge in [-0.05, 0) is 30.0 Å². The standard InChI is InChI=1S/C26H23N5O2/c1-15-4-6-16(7-5-15)20-21-18(32)12-26(2,3)13-19(21)33-25-22(20)24-29-23(30-31(24)14-28-25)17-8-10-27-11-9-17/h4-11,14,20H,12-13H2,1-3H3. The molecule has 7 heteroatoms. The predicted octanol–water partition coefficient (Wildman–Crippen LogP) is 4.66. The number of rotatable bonds is 2. The van der Waals surface area contributed by atoms with Crippen LogP contribution in [0.4, 0.5) is 0 Å². The van der Waals surface area contributed by atoms with Crippen LogP contribution in [0.3, 0.4) is 0 Å². The van der Waals surface area contributed by atoms with E-state index in [0.29, 0.717) is 35.8 Å². The number of nitrogens with zero attached hydrogens (tertiary/aromatic N) is 5. The quantitative estimate of drug-likeness (QED) is 0.454. The summed E-state index contributed by atoms with van der Waals surface area (Å²) in [5.74, 6) is 1.60. The van der Waals surface area contributed by atoms with Gasteiger partial charge in [0.25, 0.3) is 0 Å². The lowest BCUT2D eigenvalue weighted by Crippen LogP contribution is -2.33. The summed E-state index contributed by atoms with van der Waals surface area (Å²) >= 11 is 0. The Morgan fingerprint density at radius 2 is 1.82 bits per heavy atom. The number of benzene rings is 1. The average molecular weight is 438 g/mol. The van der Waals surface area contributed by atoms with Crippen LogP contribution in [-0.4, -0.2) is 30.3 Å². The van der Waals surface area contributed by atoms with E-state index in [2.05, 4.69) is 60.1 Å². The van der Waals surface area contributed by atoms with Crippen molar-refractivity contribution in [2.24, 2.45) is 5.41 Å².